The van der Waals surface area contributed by atoms with Crippen LogP contribution in [0.25, 0.3) is 17.1 Å². The van der Waals surface area contributed by atoms with E-state index in [-0.39, 0.29) is 0 Å². The number of H-pyrrole nitrogens is 1. The van der Waals surface area contributed by atoms with Crippen LogP contribution in [-0.4, -0.2) is 30.0 Å². The summed E-state index contributed by atoms with van der Waals surface area (Å²) in [5, 5.41) is 15.3. The van der Waals surface area contributed by atoms with Gasteiger partial charge in [-0.1, -0.05) is 34.2 Å². The Morgan fingerprint density at radius 3 is 2.95 bits per heavy atom. The smallest absolute Gasteiger partial charge is 0.209 e. The number of nitrogens with one attached hydrogen (secondary N) is 1. The minimum atomic E-state index is 0.529. The van der Waals surface area contributed by atoms with E-state index in [4.69, 9.17) is 12.2 Å². The number of rotatable bonds is 3. The molecule has 6 nitrogen and oxygen atoms in total. The van der Waals surface area contributed by atoms with E-state index < -0.39 is 0 Å². The third-order valence-corrected chi connectivity index (χ3v) is 3.71. The number of hydrogen-bond acceptors (Lipinski definition) is 4. The maximum atomic E-state index is 5.48. The molecule has 2 aromatic heterocycles. The van der Waals surface area contributed by atoms with Crippen molar-refractivity contribution in [2.24, 2.45) is 0 Å². The standard InChI is InChI=1S/C12H11BrN6S/c1-2-18-16-11(15-17-18)10-7-14-19(12(10)20)9-5-3-4-8(13)6-9/h3-7,14H,2H2,1H3. The quantitative estimate of drug-likeness (QED) is 0.737. The van der Waals surface area contributed by atoms with Crippen LogP contribution < -0.4 is 0 Å². The second-order valence-corrected chi connectivity index (χ2v) is 5.41. The van der Waals surface area contributed by atoms with Crippen molar-refractivity contribution in [2.75, 3.05) is 0 Å². The maximum Gasteiger partial charge on any atom is 0.209 e. The molecule has 0 radical (unpaired) electrons. The lowest BCUT2D eigenvalue weighted by atomic mass is 10.3. The van der Waals surface area contributed by atoms with Gasteiger partial charge >= 0.3 is 0 Å². The first-order valence-corrected chi connectivity index (χ1v) is 7.23. The third-order valence-electron chi connectivity index (χ3n) is 2.81. The van der Waals surface area contributed by atoms with Gasteiger partial charge in [-0.05, 0) is 30.3 Å². The van der Waals surface area contributed by atoms with Crippen molar-refractivity contribution < 1.29 is 0 Å². The normalized spacial score (nSPS) is 10.9. The molecule has 0 aliphatic rings. The van der Waals surface area contributed by atoms with E-state index >= 15 is 0 Å². The lowest BCUT2D eigenvalue weighted by Gasteiger charge is -2.02. The van der Waals surface area contributed by atoms with Gasteiger partial charge in [0.2, 0.25) is 5.82 Å². The highest BCUT2D eigenvalue weighted by Crippen LogP contribution is 2.20. The van der Waals surface area contributed by atoms with E-state index in [2.05, 4.69) is 36.4 Å². The zero-order chi connectivity index (χ0) is 14.1. The molecule has 1 N–H and O–H groups in total. The van der Waals surface area contributed by atoms with Gasteiger partial charge in [-0.3, -0.25) is 5.10 Å². The molecule has 0 bridgehead atoms. The maximum absolute atomic E-state index is 5.48. The predicted molar refractivity (Wildman–Crippen MR) is 81.1 cm³/mol. The molecule has 3 rings (SSSR count). The Morgan fingerprint density at radius 2 is 2.25 bits per heavy atom. The van der Waals surface area contributed by atoms with Crippen LogP contribution in [0.2, 0.25) is 0 Å². The molecular formula is C12H11BrN6S. The lowest BCUT2D eigenvalue weighted by Crippen LogP contribution is -1.98. The molecule has 0 saturated carbocycles. The van der Waals surface area contributed by atoms with Crippen molar-refractivity contribution in [3.8, 4) is 17.1 Å². The van der Waals surface area contributed by atoms with Crippen molar-refractivity contribution in [3.63, 3.8) is 0 Å². The monoisotopic (exact) mass is 350 g/mol. The summed E-state index contributed by atoms with van der Waals surface area (Å²) >= 11 is 8.93. The number of halogens is 1. The molecular weight excluding hydrogens is 340 g/mol. The second-order valence-electron chi connectivity index (χ2n) is 4.11. The molecule has 102 valence electrons. The van der Waals surface area contributed by atoms with E-state index in [1.54, 1.807) is 6.20 Å². The van der Waals surface area contributed by atoms with Gasteiger partial charge in [-0.25, -0.2) is 4.68 Å². The summed E-state index contributed by atoms with van der Waals surface area (Å²) in [6, 6.07) is 7.86. The van der Waals surface area contributed by atoms with Gasteiger partial charge in [0.15, 0.2) is 0 Å². The Bertz CT molecular complexity index is 802. The highest BCUT2D eigenvalue weighted by atomic mass is 79.9. The van der Waals surface area contributed by atoms with Crippen molar-refractivity contribution in [1.29, 1.82) is 0 Å². The number of benzene rings is 1. The molecule has 0 aliphatic heterocycles. The van der Waals surface area contributed by atoms with E-state index in [1.165, 1.54) is 4.80 Å². The van der Waals surface area contributed by atoms with Crippen LogP contribution in [0, 0.1) is 4.64 Å². The topological polar surface area (TPSA) is 64.3 Å². The van der Waals surface area contributed by atoms with E-state index in [9.17, 15) is 0 Å². The highest BCUT2D eigenvalue weighted by Gasteiger charge is 2.11. The summed E-state index contributed by atoms with van der Waals surface area (Å²) < 4.78 is 3.42. The summed E-state index contributed by atoms with van der Waals surface area (Å²) in [6.07, 6.45) is 1.79. The van der Waals surface area contributed by atoms with Gasteiger partial charge in [0, 0.05) is 10.7 Å². The molecule has 0 unspecified atom stereocenters. The Labute approximate surface area is 128 Å². The Kier molecular flexibility index (Phi) is 3.49. The average molecular weight is 351 g/mol. The SMILES string of the molecule is CCn1nnc(-c2c[nH]n(-c3cccc(Br)c3)c2=S)n1. The van der Waals surface area contributed by atoms with Gasteiger partial charge in [-0.15, -0.1) is 10.2 Å². The van der Waals surface area contributed by atoms with Gasteiger partial charge in [0.25, 0.3) is 0 Å². The van der Waals surface area contributed by atoms with E-state index in [1.807, 2.05) is 35.9 Å². The van der Waals surface area contributed by atoms with Crippen LogP contribution in [0.3, 0.4) is 0 Å². The first kappa shape index (κ1) is 13.2. The number of hydrogen-bond donors (Lipinski definition) is 1. The fourth-order valence-electron chi connectivity index (χ4n) is 1.82. The fraction of sp³-hybridized carbons (Fsp3) is 0.167. The van der Waals surface area contributed by atoms with Crippen molar-refractivity contribution in [2.45, 2.75) is 13.5 Å². The first-order valence-electron chi connectivity index (χ1n) is 6.03. The van der Waals surface area contributed by atoms with Gasteiger partial charge in [-0.2, -0.15) is 4.80 Å². The Balaban J connectivity index is 2.07. The van der Waals surface area contributed by atoms with Gasteiger partial charge in [0.1, 0.15) is 4.64 Å². The van der Waals surface area contributed by atoms with Crippen molar-refractivity contribution in [1.82, 2.24) is 30.0 Å². The molecule has 0 aliphatic carbocycles. The zero-order valence-electron chi connectivity index (χ0n) is 10.6. The van der Waals surface area contributed by atoms with Crippen molar-refractivity contribution in [3.05, 3.63) is 39.6 Å². The zero-order valence-corrected chi connectivity index (χ0v) is 13.0. The van der Waals surface area contributed by atoms with Crippen LogP contribution in [0.5, 0.6) is 0 Å². The van der Waals surface area contributed by atoms with Gasteiger partial charge in [0.05, 0.1) is 17.8 Å². The number of tetrazole rings is 1. The summed E-state index contributed by atoms with van der Waals surface area (Å²) in [6.45, 7) is 2.63. The third kappa shape index (κ3) is 2.32. The fourth-order valence-corrected chi connectivity index (χ4v) is 2.52. The Morgan fingerprint density at radius 1 is 1.40 bits per heavy atom. The second kappa shape index (κ2) is 5.29. The summed E-state index contributed by atoms with van der Waals surface area (Å²) in [5.74, 6) is 0.529. The largest absolute Gasteiger partial charge is 0.299 e. The molecule has 0 saturated heterocycles. The first-order chi connectivity index (χ1) is 9.69. The molecule has 20 heavy (non-hydrogen) atoms. The van der Waals surface area contributed by atoms with Crippen LogP contribution in [0.1, 0.15) is 6.92 Å². The van der Waals surface area contributed by atoms with Crippen LogP contribution in [0.4, 0.5) is 0 Å². The summed E-state index contributed by atoms with van der Waals surface area (Å²) in [5.41, 5.74) is 1.71. The summed E-state index contributed by atoms with van der Waals surface area (Å²) in [4.78, 5) is 1.53. The molecule has 2 heterocycles. The number of aromatic amines is 1. The average Bonchev–Trinajstić information content (AvgIpc) is 3.04. The van der Waals surface area contributed by atoms with Gasteiger partial charge < -0.3 is 0 Å². The summed E-state index contributed by atoms with van der Waals surface area (Å²) in [7, 11) is 0. The van der Waals surface area contributed by atoms with E-state index in [0.717, 1.165) is 15.7 Å². The van der Waals surface area contributed by atoms with Crippen LogP contribution in [0.15, 0.2) is 34.9 Å². The Hall–Kier alpha value is -1.80. The molecule has 3 aromatic rings. The van der Waals surface area contributed by atoms with Crippen LogP contribution >= 0.6 is 28.1 Å². The minimum absolute atomic E-state index is 0.529. The molecule has 0 amide bonds. The molecule has 8 heteroatoms. The van der Waals surface area contributed by atoms with E-state index in [0.29, 0.717) is 17.0 Å². The number of nitrogens with zero attached hydrogens (tertiary/aromatic N) is 5. The number of aromatic nitrogens is 6. The molecule has 0 atom stereocenters. The minimum Gasteiger partial charge on any atom is -0.299 e. The molecule has 1 aromatic carbocycles. The molecule has 0 fully saturated rings. The van der Waals surface area contributed by atoms with Crippen molar-refractivity contribution >= 4 is 28.1 Å². The highest BCUT2D eigenvalue weighted by molar-refractivity contribution is 9.10. The van der Waals surface area contributed by atoms with Crippen LogP contribution in [-0.2, 0) is 6.54 Å². The number of aryl methyl sites for hydroxylation is 1. The lowest BCUT2D eigenvalue weighted by molar-refractivity contribution is 0.553. The predicted octanol–water partition coefficient (Wildman–Crippen LogP) is 2.97. The molecule has 0 spiro atoms.